The number of ether oxygens (including phenoxy) is 1. The van der Waals surface area contributed by atoms with Crippen molar-refractivity contribution in [3.8, 4) is 5.75 Å². The highest BCUT2D eigenvalue weighted by molar-refractivity contribution is 5.44. The molecule has 0 amide bonds. The predicted octanol–water partition coefficient (Wildman–Crippen LogP) is 1.42. The minimum Gasteiger partial charge on any atom is -0.496 e. The molecule has 0 spiro atoms. The molecule has 3 N–H and O–H groups in total. The van der Waals surface area contributed by atoms with Crippen LogP contribution in [0.4, 0.5) is 0 Å². The fourth-order valence-electron chi connectivity index (χ4n) is 2.02. The largest absolute Gasteiger partial charge is 0.496 e. The Morgan fingerprint density at radius 2 is 2.06 bits per heavy atom. The van der Waals surface area contributed by atoms with Crippen molar-refractivity contribution < 1.29 is 9.84 Å². The lowest BCUT2D eigenvalue weighted by molar-refractivity contribution is 0.229. The molecule has 0 aromatic heterocycles. The number of benzene rings is 1. The maximum atomic E-state index is 9.17. The molecular formula is C13H21NO2. The monoisotopic (exact) mass is 223 g/mol. The van der Waals surface area contributed by atoms with Crippen LogP contribution in [0.2, 0.25) is 0 Å². The third kappa shape index (κ3) is 2.97. The molecule has 0 radical (unpaired) electrons. The summed E-state index contributed by atoms with van der Waals surface area (Å²) in [6, 6.07) is 4.20. The van der Waals surface area contributed by atoms with E-state index in [0.29, 0.717) is 6.54 Å². The fourth-order valence-corrected chi connectivity index (χ4v) is 2.02. The molecule has 3 nitrogen and oxygen atoms in total. The van der Waals surface area contributed by atoms with Crippen LogP contribution in [0, 0.1) is 19.8 Å². The fraction of sp³-hybridized carbons (Fsp3) is 0.538. The zero-order chi connectivity index (χ0) is 12.1. The molecule has 0 fully saturated rings. The van der Waals surface area contributed by atoms with Gasteiger partial charge in [-0.05, 0) is 43.9 Å². The zero-order valence-corrected chi connectivity index (χ0v) is 10.3. The van der Waals surface area contributed by atoms with Gasteiger partial charge in [0.15, 0.2) is 0 Å². The second-order valence-corrected chi connectivity index (χ2v) is 4.26. The van der Waals surface area contributed by atoms with Gasteiger partial charge in [0.2, 0.25) is 0 Å². The van der Waals surface area contributed by atoms with E-state index in [1.165, 1.54) is 5.56 Å². The van der Waals surface area contributed by atoms with Crippen LogP contribution in [0.1, 0.15) is 16.7 Å². The Morgan fingerprint density at radius 3 is 2.56 bits per heavy atom. The van der Waals surface area contributed by atoms with Crippen molar-refractivity contribution in [3.63, 3.8) is 0 Å². The van der Waals surface area contributed by atoms with Gasteiger partial charge in [0.25, 0.3) is 0 Å². The molecule has 0 bridgehead atoms. The number of aryl methyl sites for hydroxylation is 2. The first kappa shape index (κ1) is 13.0. The Balaban J connectivity index is 3.01. The van der Waals surface area contributed by atoms with E-state index in [0.717, 1.165) is 23.3 Å². The van der Waals surface area contributed by atoms with Gasteiger partial charge in [0.1, 0.15) is 5.75 Å². The first-order valence-corrected chi connectivity index (χ1v) is 5.57. The van der Waals surface area contributed by atoms with Crippen molar-refractivity contribution in [1.82, 2.24) is 0 Å². The standard InChI is InChI=1S/C13H21NO2/c1-9-4-10(2)13(16-3)12(5-9)6-11(7-14)8-15/h4-5,11,15H,6-8,14H2,1-3H3. The highest BCUT2D eigenvalue weighted by atomic mass is 16.5. The van der Waals surface area contributed by atoms with Gasteiger partial charge in [0, 0.05) is 6.61 Å². The summed E-state index contributed by atoms with van der Waals surface area (Å²) in [6.45, 7) is 4.71. The average Bonchev–Trinajstić information content (AvgIpc) is 2.25. The second kappa shape index (κ2) is 5.87. The molecule has 0 saturated heterocycles. The number of nitrogens with two attached hydrogens (primary N) is 1. The summed E-state index contributed by atoms with van der Waals surface area (Å²) < 4.78 is 5.40. The highest BCUT2D eigenvalue weighted by Crippen LogP contribution is 2.27. The molecule has 1 aromatic rings. The van der Waals surface area contributed by atoms with E-state index in [9.17, 15) is 0 Å². The Bertz CT molecular complexity index is 346. The summed E-state index contributed by atoms with van der Waals surface area (Å²) in [7, 11) is 1.68. The summed E-state index contributed by atoms with van der Waals surface area (Å²) in [5, 5.41) is 9.17. The molecule has 0 aliphatic carbocycles. The molecule has 0 heterocycles. The minimum absolute atomic E-state index is 0.107. The Morgan fingerprint density at radius 1 is 1.38 bits per heavy atom. The van der Waals surface area contributed by atoms with Crippen LogP contribution in [0.25, 0.3) is 0 Å². The van der Waals surface area contributed by atoms with Gasteiger partial charge in [-0.25, -0.2) is 0 Å². The quantitative estimate of drug-likeness (QED) is 0.793. The second-order valence-electron chi connectivity index (χ2n) is 4.26. The maximum Gasteiger partial charge on any atom is 0.124 e. The van der Waals surface area contributed by atoms with Crippen molar-refractivity contribution in [2.75, 3.05) is 20.3 Å². The first-order valence-electron chi connectivity index (χ1n) is 5.57. The molecule has 0 aliphatic rings. The van der Waals surface area contributed by atoms with Crippen molar-refractivity contribution in [2.24, 2.45) is 11.7 Å². The molecule has 90 valence electrons. The van der Waals surface area contributed by atoms with Crippen LogP contribution in [0.5, 0.6) is 5.75 Å². The number of aliphatic hydroxyl groups is 1. The summed E-state index contributed by atoms with van der Waals surface area (Å²) in [5.74, 6) is 1.02. The average molecular weight is 223 g/mol. The van der Waals surface area contributed by atoms with Crippen molar-refractivity contribution in [2.45, 2.75) is 20.3 Å². The Labute approximate surface area is 97.2 Å². The minimum atomic E-state index is 0.107. The van der Waals surface area contributed by atoms with Crippen molar-refractivity contribution in [1.29, 1.82) is 0 Å². The maximum absolute atomic E-state index is 9.17. The Hall–Kier alpha value is -1.06. The Kier molecular flexibility index (Phi) is 4.77. The van der Waals surface area contributed by atoms with Gasteiger partial charge >= 0.3 is 0 Å². The summed E-state index contributed by atoms with van der Waals surface area (Å²) in [5.41, 5.74) is 9.07. The third-order valence-electron chi connectivity index (χ3n) is 2.80. The number of hydrogen-bond donors (Lipinski definition) is 2. The lowest BCUT2D eigenvalue weighted by Gasteiger charge is -2.16. The lowest BCUT2D eigenvalue weighted by atomic mass is 9.96. The zero-order valence-electron chi connectivity index (χ0n) is 10.3. The van der Waals surface area contributed by atoms with E-state index in [1.807, 2.05) is 6.92 Å². The number of methoxy groups -OCH3 is 1. The molecule has 3 heteroatoms. The van der Waals surface area contributed by atoms with Gasteiger partial charge in [0.05, 0.1) is 7.11 Å². The molecule has 1 unspecified atom stereocenters. The molecule has 1 atom stereocenters. The summed E-state index contributed by atoms with van der Waals surface area (Å²) >= 11 is 0. The molecule has 1 aromatic carbocycles. The van der Waals surface area contributed by atoms with Crippen LogP contribution in [0.3, 0.4) is 0 Å². The topological polar surface area (TPSA) is 55.5 Å². The number of aliphatic hydroxyl groups excluding tert-OH is 1. The van der Waals surface area contributed by atoms with E-state index in [1.54, 1.807) is 7.11 Å². The van der Waals surface area contributed by atoms with Gasteiger partial charge in [-0.1, -0.05) is 17.7 Å². The first-order chi connectivity index (χ1) is 7.62. The van der Waals surface area contributed by atoms with Crippen LogP contribution in [-0.2, 0) is 6.42 Å². The van der Waals surface area contributed by atoms with Gasteiger partial charge in [-0.15, -0.1) is 0 Å². The summed E-state index contributed by atoms with van der Waals surface area (Å²) in [6.07, 6.45) is 0.763. The molecule has 16 heavy (non-hydrogen) atoms. The highest BCUT2D eigenvalue weighted by Gasteiger charge is 2.12. The lowest BCUT2D eigenvalue weighted by Crippen LogP contribution is -2.20. The van der Waals surface area contributed by atoms with Crippen molar-refractivity contribution >= 4 is 0 Å². The van der Waals surface area contributed by atoms with E-state index in [-0.39, 0.29) is 12.5 Å². The number of rotatable bonds is 5. The van der Waals surface area contributed by atoms with E-state index >= 15 is 0 Å². The van der Waals surface area contributed by atoms with Crippen LogP contribution < -0.4 is 10.5 Å². The van der Waals surface area contributed by atoms with Crippen LogP contribution in [0.15, 0.2) is 12.1 Å². The third-order valence-corrected chi connectivity index (χ3v) is 2.80. The summed E-state index contributed by atoms with van der Waals surface area (Å²) in [4.78, 5) is 0. The molecule has 0 saturated carbocycles. The van der Waals surface area contributed by atoms with E-state index < -0.39 is 0 Å². The molecule has 1 rings (SSSR count). The van der Waals surface area contributed by atoms with E-state index in [2.05, 4.69) is 19.1 Å². The molecular weight excluding hydrogens is 202 g/mol. The van der Waals surface area contributed by atoms with Gasteiger partial charge in [-0.2, -0.15) is 0 Å². The SMILES string of the molecule is COc1c(C)cc(C)cc1CC(CN)CO. The molecule has 0 aliphatic heterocycles. The van der Waals surface area contributed by atoms with Crippen LogP contribution >= 0.6 is 0 Å². The van der Waals surface area contributed by atoms with E-state index in [4.69, 9.17) is 15.6 Å². The van der Waals surface area contributed by atoms with Crippen LogP contribution in [-0.4, -0.2) is 25.4 Å². The smallest absolute Gasteiger partial charge is 0.124 e. The van der Waals surface area contributed by atoms with Crippen molar-refractivity contribution in [3.05, 3.63) is 28.8 Å². The van der Waals surface area contributed by atoms with Gasteiger partial charge < -0.3 is 15.6 Å². The normalized spacial score (nSPS) is 12.6. The predicted molar refractivity (Wildman–Crippen MR) is 65.8 cm³/mol. The number of hydrogen-bond acceptors (Lipinski definition) is 3. The van der Waals surface area contributed by atoms with Gasteiger partial charge in [-0.3, -0.25) is 0 Å².